The first-order valence-electron chi connectivity index (χ1n) is 18.8. The van der Waals surface area contributed by atoms with Crippen LogP contribution in [0.5, 0.6) is 5.75 Å². The number of furan rings is 2. The number of aryl methyl sites for hydroxylation is 4. The molecule has 5 aromatic carbocycles. The molecule has 0 unspecified atom stereocenters. The molecule has 0 amide bonds. The third kappa shape index (κ3) is 6.15. The van der Waals surface area contributed by atoms with E-state index in [1.54, 1.807) is 19.2 Å². The van der Waals surface area contributed by atoms with Gasteiger partial charge < -0.3 is 23.5 Å². The van der Waals surface area contributed by atoms with Gasteiger partial charge in [0.05, 0.1) is 27.5 Å². The summed E-state index contributed by atoms with van der Waals surface area (Å²) in [4.78, 5) is 43.6. The molecule has 9 aromatic rings. The fraction of sp³-hybridized carbons (Fsp3) is 0.125. The minimum atomic E-state index is -1.09. The Hall–Kier alpha value is -7.46. The molecule has 0 fully saturated rings. The maximum Gasteiger partial charge on any atom is 0.363 e. The van der Waals surface area contributed by atoms with E-state index < -0.39 is 11.9 Å². The molecule has 4 aromatic heterocycles. The van der Waals surface area contributed by atoms with Crippen LogP contribution in [0.15, 0.2) is 124 Å². The van der Waals surface area contributed by atoms with Crippen molar-refractivity contribution in [3.63, 3.8) is 0 Å². The molecule has 4 heterocycles. The van der Waals surface area contributed by atoms with Crippen LogP contribution in [-0.4, -0.2) is 34.1 Å². The summed E-state index contributed by atoms with van der Waals surface area (Å²) in [7, 11) is 1.62. The number of carboxylic acids is 1. The Bertz CT molecular complexity index is 3110. The van der Waals surface area contributed by atoms with Crippen molar-refractivity contribution in [1.82, 2.24) is 9.97 Å². The smallest absolute Gasteiger partial charge is 0.363 e. The molecule has 0 atom stereocenters. The molecule has 0 radical (unpaired) electrons. The summed E-state index contributed by atoms with van der Waals surface area (Å²) in [6.45, 7) is 7.91. The number of hydrogen-bond acceptors (Lipinski definition) is 9. The Morgan fingerprint density at radius 1 is 0.638 bits per heavy atom. The van der Waals surface area contributed by atoms with Crippen LogP contribution in [0.4, 0.5) is 5.69 Å². The summed E-state index contributed by atoms with van der Waals surface area (Å²) < 4.78 is 19.3. The number of nitrogens with zero attached hydrogens (tertiary/aromatic N) is 3. The predicted molar refractivity (Wildman–Crippen MR) is 224 cm³/mol. The van der Waals surface area contributed by atoms with Crippen LogP contribution in [-0.2, 0) is 11.4 Å². The molecular formula is C48H37N3O7. The minimum Gasteiger partial charge on any atom is -0.484 e. The SMILES string of the molecule is Cc1ccc(C)c2c(C(=O)O)cc(-c3oc4ccccc4c3N(C)OC(=O)c3cc(-c4oc5ccccc5c4OCc4ccccc4)nc4c(C)ccc(C)c34)nc12. The number of benzene rings is 5. The Kier molecular flexibility index (Phi) is 8.89. The van der Waals surface area contributed by atoms with Crippen LogP contribution in [0.2, 0.25) is 0 Å². The fourth-order valence-corrected chi connectivity index (χ4v) is 7.65. The summed E-state index contributed by atoms with van der Waals surface area (Å²) >= 11 is 0. The zero-order valence-corrected chi connectivity index (χ0v) is 32.4. The molecule has 0 saturated heterocycles. The van der Waals surface area contributed by atoms with Crippen LogP contribution in [0.25, 0.3) is 66.7 Å². The number of hydrogen-bond donors (Lipinski definition) is 1. The summed E-state index contributed by atoms with van der Waals surface area (Å²) in [5.41, 5.74) is 7.99. The largest absolute Gasteiger partial charge is 0.484 e. The van der Waals surface area contributed by atoms with Gasteiger partial charge in [0.1, 0.15) is 34.8 Å². The number of carbonyl (C=O) groups is 2. The van der Waals surface area contributed by atoms with Gasteiger partial charge in [0.15, 0.2) is 17.3 Å². The molecule has 58 heavy (non-hydrogen) atoms. The lowest BCUT2D eigenvalue weighted by Crippen LogP contribution is -2.23. The molecule has 0 saturated carbocycles. The van der Waals surface area contributed by atoms with Crippen molar-refractivity contribution in [1.29, 1.82) is 0 Å². The van der Waals surface area contributed by atoms with Crippen LogP contribution in [0.1, 0.15) is 48.5 Å². The third-order valence-corrected chi connectivity index (χ3v) is 10.5. The lowest BCUT2D eigenvalue weighted by atomic mass is 9.99. The van der Waals surface area contributed by atoms with E-state index >= 15 is 0 Å². The van der Waals surface area contributed by atoms with Gasteiger partial charge in [-0.15, -0.1) is 0 Å². The van der Waals surface area contributed by atoms with E-state index in [4.69, 9.17) is 28.4 Å². The van der Waals surface area contributed by atoms with Gasteiger partial charge in [0, 0.05) is 23.2 Å². The van der Waals surface area contributed by atoms with Gasteiger partial charge in [-0.2, -0.15) is 0 Å². The molecule has 0 aliphatic rings. The first kappa shape index (κ1) is 36.2. The number of carbonyl (C=O) groups excluding carboxylic acids is 1. The Labute approximate surface area is 332 Å². The number of pyridine rings is 2. The fourth-order valence-electron chi connectivity index (χ4n) is 7.65. The van der Waals surface area contributed by atoms with E-state index in [2.05, 4.69) is 0 Å². The second kappa shape index (κ2) is 14.2. The number of aromatic carboxylic acids is 1. The van der Waals surface area contributed by atoms with E-state index in [1.165, 1.54) is 11.1 Å². The molecule has 0 spiro atoms. The zero-order chi connectivity index (χ0) is 40.2. The molecule has 286 valence electrons. The number of rotatable bonds is 9. The lowest BCUT2D eigenvalue weighted by Gasteiger charge is -2.20. The van der Waals surface area contributed by atoms with Crippen LogP contribution < -0.4 is 9.80 Å². The number of hydroxylamine groups is 1. The first-order chi connectivity index (χ1) is 28.1. The number of para-hydroxylation sites is 2. The van der Waals surface area contributed by atoms with Crippen molar-refractivity contribution in [3.8, 4) is 28.7 Å². The normalized spacial score (nSPS) is 11.5. The van der Waals surface area contributed by atoms with Crippen LogP contribution in [0.3, 0.4) is 0 Å². The maximum atomic E-state index is 14.7. The van der Waals surface area contributed by atoms with Gasteiger partial charge in [-0.25, -0.2) is 24.6 Å². The Morgan fingerprint density at radius 2 is 1.16 bits per heavy atom. The van der Waals surface area contributed by atoms with Crippen molar-refractivity contribution in [3.05, 3.63) is 154 Å². The third-order valence-electron chi connectivity index (χ3n) is 10.5. The number of anilines is 1. The molecule has 10 heteroatoms. The zero-order valence-electron chi connectivity index (χ0n) is 32.4. The standard InChI is InChI=1S/C48H37N3O7/c1-26-19-21-28(3)41-39(26)33(47(52)53)23-35(49-41)45-43(31-15-9-11-17-37(31)56-45)51(5)58-48(54)34-24-36(50-42-29(4)22-20-27(2)40(34)42)46-44(32-16-10-12-18-38(32)57-46)55-25-30-13-7-6-8-14-30/h6-24H,25H2,1-5H3,(H,52,53). The maximum absolute atomic E-state index is 14.7. The van der Waals surface area contributed by atoms with E-state index in [1.807, 2.05) is 125 Å². The average Bonchev–Trinajstić information content (AvgIpc) is 3.81. The average molecular weight is 768 g/mol. The van der Waals surface area contributed by atoms with Crippen molar-refractivity contribution in [2.75, 3.05) is 12.1 Å². The molecular weight excluding hydrogens is 731 g/mol. The predicted octanol–water partition coefficient (Wildman–Crippen LogP) is 11.3. The molecule has 10 nitrogen and oxygen atoms in total. The first-order valence-corrected chi connectivity index (χ1v) is 18.8. The topological polar surface area (TPSA) is 128 Å². The quantitative estimate of drug-likeness (QED) is 0.142. The summed E-state index contributed by atoms with van der Waals surface area (Å²) in [5, 5.41) is 14.3. The van der Waals surface area contributed by atoms with Crippen molar-refractivity contribution >= 4 is 61.4 Å². The highest BCUT2D eigenvalue weighted by atomic mass is 16.7. The van der Waals surface area contributed by atoms with Gasteiger partial charge in [0.2, 0.25) is 0 Å². The van der Waals surface area contributed by atoms with Crippen LogP contribution in [0, 0.1) is 27.7 Å². The second-order valence-corrected chi connectivity index (χ2v) is 14.4. The van der Waals surface area contributed by atoms with E-state index in [-0.39, 0.29) is 22.6 Å². The van der Waals surface area contributed by atoms with Gasteiger partial charge in [-0.3, -0.25) is 0 Å². The minimum absolute atomic E-state index is 0.0894. The summed E-state index contributed by atoms with van der Waals surface area (Å²) in [5.74, 6) is -0.613. The Balaban J connectivity index is 1.17. The number of carboxylic acid groups (broad SMARTS) is 1. The number of ether oxygens (including phenoxy) is 1. The summed E-state index contributed by atoms with van der Waals surface area (Å²) in [6.07, 6.45) is 0. The van der Waals surface area contributed by atoms with Gasteiger partial charge in [-0.1, -0.05) is 78.9 Å². The second-order valence-electron chi connectivity index (χ2n) is 14.4. The molecule has 0 bridgehead atoms. The molecule has 1 N–H and O–H groups in total. The summed E-state index contributed by atoms with van der Waals surface area (Å²) in [6, 6.07) is 35.7. The van der Waals surface area contributed by atoms with E-state index in [0.717, 1.165) is 33.2 Å². The highest BCUT2D eigenvalue weighted by Crippen LogP contribution is 2.43. The highest BCUT2D eigenvalue weighted by molar-refractivity contribution is 6.09. The van der Waals surface area contributed by atoms with Gasteiger partial charge >= 0.3 is 11.9 Å². The van der Waals surface area contributed by atoms with Crippen molar-refractivity contribution < 1.29 is 33.1 Å². The van der Waals surface area contributed by atoms with Gasteiger partial charge in [-0.05, 0) is 91.9 Å². The Morgan fingerprint density at radius 3 is 1.81 bits per heavy atom. The van der Waals surface area contributed by atoms with Crippen molar-refractivity contribution in [2.24, 2.45) is 0 Å². The monoisotopic (exact) mass is 767 g/mol. The van der Waals surface area contributed by atoms with Gasteiger partial charge in [0.25, 0.3) is 0 Å². The molecule has 0 aliphatic carbocycles. The highest BCUT2D eigenvalue weighted by Gasteiger charge is 2.28. The number of fused-ring (bicyclic) bond motifs is 4. The van der Waals surface area contributed by atoms with Crippen LogP contribution >= 0.6 is 0 Å². The molecule has 9 rings (SSSR count). The number of aromatic nitrogens is 2. The van der Waals surface area contributed by atoms with E-state index in [0.29, 0.717) is 67.9 Å². The van der Waals surface area contributed by atoms with E-state index in [9.17, 15) is 14.7 Å². The lowest BCUT2D eigenvalue weighted by molar-refractivity contribution is 0.0481. The van der Waals surface area contributed by atoms with Crippen molar-refractivity contribution in [2.45, 2.75) is 34.3 Å². The molecule has 0 aliphatic heterocycles.